The number of Topliss-reactive ketones (excluding diaryl/α,β-unsaturated/α-hetero) is 1. The number of carbonyl (C=O) groups is 2. The topological polar surface area (TPSA) is 55.4 Å². The molecule has 1 rings (SSSR count). The van der Waals surface area contributed by atoms with Gasteiger partial charge in [0.2, 0.25) is 0 Å². The van der Waals surface area contributed by atoms with Gasteiger partial charge in [0.15, 0.2) is 5.78 Å². The Kier molecular flexibility index (Phi) is 3.89. The maximum absolute atomic E-state index is 12.2. The third-order valence-electron chi connectivity index (χ3n) is 2.99. The molecule has 0 heterocycles. The van der Waals surface area contributed by atoms with E-state index in [1.54, 1.807) is 26.8 Å². The first-order valence-corrected chi connectivity index (χ1v) is 6.30. The second kappa shape index (κ2) is 4.75. The smallest absolute Gasteiger partial charge is 0.408 e. The molecule has 0 unspecified atom stereocenters. The summed E-state index contributed by atoms with van der Waals surface area (Å²) in [5.74, 6) is -0.0666. The van der Waals surface area contributed by atoms with Crippen LogP contribution in [0.4, 0.5) is 4.79 Å². The fourth-order valence-electron chi connectivity index (χ4n) is 2.06. The molecule has 4 heteroatoms. The average Bonchev–Trinajstić information content (AvgIpc) is 2.88. The van der Waals surface area contributed by atoms with Crippen molar-refractivity contribution in [3.05, 3.63) is 12.7 Å². The lowest BCUT2D eigenvalue weighted by atomic mass is 9.98. The molecule has 2 atom stereocenters. The maximum atomic E-state index is 12.2. The number of alkyl carbamates (subject to hydrolysis) is 1. The Balaban J connectivity index is 2.75. The highest BCUT2D eigenvalue weighted by molar-refractivity contribution is 5.96. The normalized spacial score (nSPS) is 26.7. The molecular formula is C14H23NO3. The molecule has 0 aromatic carbocycles. The second-order valence-corrected chi connectivity index (χ2v) is 6.16. The van der Waals surface area contributed by atoms with Crippen molar-refractivity contribution in [1.29, 1.82) is 0 Å². The third kappa shape index (κ3) is 3.12. The molecule has 4 nitrogen and oxygen atoms in total. The summed E-state index contributed by atoms with van der Waals surface area (Å²) in [4.78, 5) is 24.0. The first-order valence-electron chi connectivity index (χ1n) is 6.30. The summed E-state index contributed by atoms with van der Waals surface area (Å²) in [6, 6.07) is 0. The molecule has 1 amide bonds. The highest BCUT2D eigenvalue weighted by Crippen LogP contribution is 2.46. The van der Waals surface area contributed by atoms with Crippen LogP contribution in [0.3, 0.4) is 0 Å². The zero-order valence-electron chi connectivity index (χ0n) is 11.9. The van der Waals surface area contributed by atoms with Crippen LogP contribution in [0.25, 0.3) is 0 Å². The van der Waals surface area contributed by atoms with Crippen LogP contribution in [0.5, 0.6) is 0 Å². The van der Waals surface area contributed by atoms with E-state index in [4.69, 9.17) is 4.74 Å². The van der Waals surface area contributed by atoms with Gasteiger partial charge < -0.3 is 10.1 Å². The predicted molar refractivity (Wildman–Crippen MR) is 70.2 cm³/mol. The van der Waals surface area contributed by atoms with Crippen LogP contribution in [0.2, 0.25) is 0 Å². The molecule has 0 aromatic rings. The van der Waals surface area contributed by atoms with Gasteiger partial charge in [-0.3, -0.25) is 4.79 Å². The minimum atomic E-state index is -0.793. The van der Waals surface area contributed by atoms with E-state index in [9.17, 15) is 9.59 Å². The van der Waals surface area contributed by atoms with E-state index in [-0.39, 0.29) is 17.6 Å². The molecule has 1 fully saturated rings. The summed E-state index contributed by atoms with van der Waals surface area (Å²) >= 11 is 0. The van der Waals surface area contributed by atoms with Crippen molar-refractivity contribution < 1.29 is 14.3 Å². The van der Waals surface area contributed by atoms with Crippen LogP contribution in [-0.4, -0.2) is 23.0 Å². The Bertz CT molecular complexity index is 368. The lowest BCUT2D eigenvalue weighted by Crippen LogP contribution is -2.48. The predicted octanol–water partition coefficient (Wildman–Crippen LogP) is 2.68. The molecule has 0 spiro atoms. The van der Waals surface area contributed by atoms with Crippen molar-refractivity contribution in [2.24, 2.45) is 11.8 Å². The highest BCUT2D eigenvalue weighted by atomic mass is 16.6. The van der Waals surface area contributed by atoms with Crippen LogP contribution in [0.1, 0.15) is 41.0 Å². The first kappa shape index (κ1) is 14.7. The lowest BCUT2D eigenvalue weighted by molar-refractivity contribution is -0.125. The van der Waals surface area contributed by atoms with E-state index in [0.717, 1.165) is 0 Å². The Morgan fingerprint density at radius 1 is 1.44 bits per heavy atom. The summed E-state index contributed by atoms with van der Waals surface area (Å²) < 4.78 is 5.20. The number of rotatable bonds is 4. The maximum Gasteiger partial charge on any atom is 0.408 e. The summed E-state index contributed by atoms with van der Waals surface area (Å²) in [5.41, 5.74) is -1.36. The van der Waals surface area contributed by atoms with Crippen molar-refractivity contribution >= 4 is 11.9 Å². The Hall–Kier alpha value is -1.32. The summed E-state index contributed by atoms with van der Waals surface area (Å²) in [6.07, 6.45) is 1.80. The van der Waals surface area contributed by atoms with E-state index in [2.05, 4.69) is 11.9 Å². The lowest BCUT2D eigenvalue weighted by Gasteiger charge is -2.24. The van der Waals surface area contributed by atoms with E-state index < -0.39 is 17.2 Å². The molecule has 0 radical (unpaired) electrons. The molecule has 0 saturated heterocycles. The molecule has 1 aliphatic rings. The second-order valence-electron chi connectivity index (χ2n) is 6.16. The quantitative estimate of drug-likeness (QED) is 0.784. The number of ketones is 1. The number of hydrogen-bond donors (Lipinski definition) is 1. The van der Waals surface area contributed by atoms with Crippen LogP contribution >= 0.6 is 0 Å². The summed E-state index contributed by atoms with van der Waals surface area (Å²) in [6.45, 7) is 12.7. The Morgan fingerprint density at radius 2 is 2.00 bits per heavy atom. The molecule has 0 bridgehead atoms. The molecule has 1 N–H and O–H groups in total. The van der Waals surface area contributed by atoms with Crippen molar-refractivity contribution in [3.8, 4) is 0 Å². The van der Waals surface area contributed by atoms with Gasteiger partial charge in [-0.2, -0.15) is 0 Å². The molecule has 102 valence electrons. The Morgan fingerprint density at radius 3 is 2.33 bits per heavy atom. The van der Waals surface area contributed by atoms with Crippen LogP contribution in [0.15, 0.2) is 12.7 Å². The molecule has 0 aliphatic heterocycles. The Labute approximate surface area is 109 Å². The van der Waals surface area contributed by atoms with Gasteiger partial charge >= 0.3 is 6.09 Å². The van der Waals surface area contributed by atoms with Gasteiger partial charge in [-0.15, -0.1) is 6.58 Å². The fourth-order valence-corrected chi connectivity index (χ4v) is 2.06. The minimum absolute atomic E-state index is 0.0138. The van der Waals surface area contributed by atoms with Gasteiger partial charge in [0.25, 0.3) is 0 Å². The average molecular weight is 253 g/mol. The van der Waals surface area contributed by atoms with Crippen LogP contribution in [-0.2, 0) is 9.53 Å². The van der Waals surface area contributed by atoms with Gasteiger partial charge in [-0.05, 0) is 27.2 Å². The van der Waals surface area contributed by atoms with Gasteiger partial charge in [0.05, 0.1) is 0 Å². The van der Waals surface area contributed by atoms with Crippen LogP contribution in [0, 0.1) is 11.8 Å². The molecule has 0 aromatic heterocycles. The van der Waals surface area contributed by atoms with Crippen molar-refractivity contribution in [3.63, 3.8) is 0 Å². The van der Waals surface area contributed by atoms with Gasteiger partial charge in [0.1, 0.15) is 11.1 Å². The first-order chi connectivity index (χ1) is 8.12. The standard InChI is InChI=1S/C14H23NO3/c1-7-10-8-14(10,11(16)9(2)3)15-12(17)18-13(4,5)6/h7,9-10H,1,8H2,2-6H3,(H,15,17)/t10-,14-/m1/s1. The largest absolute Gasteiger partial charge is 0.444 e. The highest BCUT2D eigenvalue weighted by Gasteiger charge is 2.60. The summed E-state index contributed by atoms with van der Waals surface area (Å²) in [5, 5.41) is 2.72. The SMILES string of the molecule is C=C[C@@H]1C[C@]1(NC(=O)OC(C)(C)C)C(=O)C(C)C. The number of nitrogens with one attached hydrogen (secondary N) is 1. The van der Waals surface area contributed by atoms with E-state index in [1.165, 1.54) is 0 Å². The van der Waals surface area contributed by atoms with Crippen molar-refractivity contribution in [2.75, 3.05) is 0 Å². The molecule has 1 saturated carbocycles. The monoisotopic (exact) mass is 253 g/mol. The van der Waals surface area contributed by atoms with E-state index in [1.807, 2.05) is 13.8 Å². The fraction of sp³-hybridized carbons (Fsp3) is 0.714. The van der Waals surface area contributed by atoms with Gasteiger partial charge in [-0.25, -0.2) is 4.79 Å². The zero-order valence-corrected chi connectivity index (χ0v) is 11.9. The zero-order chi connectivity index (χ0) is 14.1. The van der Waals surface area contributed by atoms with E-state index >= 15 is 0 Å². The van der Waals surface area contributed by atoms with Crippen LogP contribution < -0.4 is 5.32 Å². The summed E-state index contributed by atoms with van der Waals surface area (Å²) in [7, 11) is 0. The number of ether oxygens (including phenoxy) is 1. The molecular weight excluding hydrogens is 230 g/mol. The minimum Gasteiger partial charge on any atom is -0.444 e. The number of amides is 1. The van der Waals surface area contributed by atoms with E-state index in [0.29, 0.717) is 6.42 Å². The molecule has 18 heavy (non-hydrogen) atoms. The van der Waals surface area contributed by atoms with Gasteiger partial charge in [-0.1, -0.05) is 19.9 Å². The number of hydrogen-bond acceptors (Lipinski definition) is 3. The van der Waals surface area contributed by atoms with Crippen molar-refractivity contribution in [1.82, 2.24) is 5.32 Å². The molecule has 1 aliphatic carbocycles. The number of carbonyl (C=O) groups excluding carboxylic acids is 2. The third-order valence-corrected chi connectivity index (χ3v) is 2.99. The van der Waals surface area contributed by atoms with Crippen molar-refractivity contribution in [2.45, 2.75) is 52.2 Å². The van der Waals surface area contributed by atoms with Gasteiger partial charge in [0, 0.05) is 11.8 Å².